The molecule has 0 heterocycles. The van der Waals surface area contributed by atoms with Crippen LogP contribution in [-0.2, 0) is 20.8 Å². The number of rotatable bonds is 2. The fourth-order valence-corrected chi connectivity index (χ4v) is 4.62. The summed E-state index contributed by atoms with van der Waals surface area (Å²) in [4.78, 5) is 0. The van der Waals surface area contributed by atoms with E-state index < -0.39 is 20.8 Å². The van der Waals surface area contributed by atoms with Gasteiger partial charge in [0.1, 0.15) is 0 Å². The predicted octanol–water partition coefficient (Wildman–Crippen LogP) is 7.46. The van der Waals surface area contributed by atoms with Crippen LogP contribution in [0.3, 0.4) is 0 Å². The van der Waals surface area contributed by atoms with Crippen LogP contribution in [-0.4, -0.2) is 0 Å². The summed E-state index contributed by atoms with van der Waals surface area (Å²) in [5.41, 5.74) is 2.63. The Labute approximate surface area is 204 Å². The zero-order chi connectivity index (χ0) is 21.2. The van der Waals surface area contributed by atoms with Crippen molar-refractivity contribution in [2.24, 2.45) is 0 Å². The quantitative estimate of drug-likeness (QED) is 0.389. The first-order chi connectivity index (χ1) is 15.3. The molecule has 0 N–H and O–H groups in total. The summed E-state index contributed by atoms with van der Waals surface area (Å²) in [6.45, 7) is 0. The number of fused-ring (bicyclic) bond motifs is 4. The molecule has 4 aliphatic carbocycles. The molecular weight excluding hydrogens is 498 g/mol. The third-order valence-corrected chi connectivity index (χ3v) is 5.84. The van der Waals surface area contributed by atoms with Crippen molar-refractivity contribution in [3.63, 3.8) is 0 Å². The summed E-state index contributed by atoms with van der Waals surface area (Å²) in [5.74, 6) is 7.93. The van der Waals surface area contributed by atoms with Gasteiger partial charge in [0.2, 0.25) is 0 Å². The molecule has 2 fully saturated rings. The molecule has 0 saturated heterocycles. The second-order valence-corrected chi connectivity index (χ2v) is 11.2. The molecule has 0 aliphatic heterocycles. The van der Waals surface area contributed by atoms with Crippen molar-refractivity contribution >= 4 is 27.8 Å². The molecule has 0 nitrogen and oxygen atoms in total. The normalized spacial score (nSPS) is 21.9. The van der Waals surface area contributed by atoms with E-state index in [0.717, 1.165) is 0 Å². The van der Waals surface area contributed by atoms with Crippen molar-refractivity contribution in [2.45, 2.75) is 0 Å². The van der Waals surface area contributed by atoms with E-state index in [1.807, 2.05) is 0 Å². The minimum atomic E-state index is -0.826. The fourth-order valence-electron chi connectivity index (χ4n) is 4.62. The van der Waals surface area contributed by atoms with Crippen LogP contribution in [0.5, 0.6) is 0 Å². The van der Waals surface area contributed by atoms with Crippen molar-refractivity contribution in [1.29, 1.82) is 0 Å². The van der Waals surface area contributed by atoms with Gasteiger partial charge in [0.15, 0.2) is 0 Å². The molecule has 2 aromatic rings. The first kappa shape index (κ1) is 21.9. The maximum absolute atomic E-state index is 4.93. The third-order valence-electron chi connectivity index (χ3n) is 5.84. The Morgan fingerprint density at radius 2 is 1.16 bits per heavy atom. The van der Waals surface area contributed by atoms with Crippen LogP contribution < -0.4 is 0 Å². The summed E-state index contributed by atoms with van der Waals surface area (Å²) < 4.78 is 0. The molecule has 3 heteroatoms. The molecule has 0 unspecified atom stereocenters. The number of benzene rings is 2. The molecule has 6 rings (SSSR count). The minimum absolute atomic E-state index is 0.826. The van der Waals surface area contributed by atoms with Crippen LogP contribution in [0.2, 0.25) is 0 Å². The Morgan fingerprint density at radius 1 is 0.613 bits per heavy atom. The number of hydrogen-bond donors (Lipinski definition) is 0. The Hall–Kier alpha value is -0.877. The third kappa shape index (κ3) is 4.12. The van der Waals surface area contributed by atoms with Crippen molar-refractivity contribution < 1.29 is 20.8 Å². The van der Waals surface area contributed by atoms with Crippen molar-refractivity contribution in [1.82, 2.24) is 0 Å². The van der Waals surface area contributed by atoms with Gasteiger partial charge in [-0.1, -0.05) is 85.0 Å². The van der Waals surface area contributed by atoms with Gasteiger partial charge in [0.25, 0.3) is 0 Å². The Bertz CT molecular complexity index is 1010. The summed E-state index contributed by atoms with van der Waals surface area (Å²) in [7, 11) is 9.87. The zero-order valence-electron chi connectivity index (χ0n) is 16.6. The molecule has 146 valence electrons. The van der Waals surface area contributed by atoms with Gasteiger partial charge in [-0.05, 0) is 47.6 Å². The zero-order valence-corrected chi connectivity index (χ0v) is 20.6. The van der Waals surface area contributed by atoms with E-state index in [-0.39, 0.29) is 0 Å². The van der Waals surface area contributed by atoms with Gasteiger partial charge in [-0.25, -0.2) is 0 Å². The van der Waals surface area contributed by atoms with Gasteiger partial charge in [0, 0.05) is 35.5 Å². The van der Waals surface area contributed by atoms with E-state index in [9.17, 15) is 0 Å². The van der Waals surface area contributed by atoms with Gasteiger partial charge < -0.3 is 0 Å². The van der Waals surface area contributed by atoms with Crippen LogP contribution in [0, 0.1) is 61.2 Å². The second kappa shape index (κ2) is 9.95. The summed E-state index contributed by atoms with van der Waals surface area (Å²) in [6.07, 6.45) is 26.3. The molecule has 2 saturated carbocycles. The molecule has 0 amide bonds. The van der Waals surface area contributed by atoms with E-state index >= 15 is 0 Å². The van der Waals surface area contributed by atoms with Gasteiger partial charge >= 0.3 is 37.9 Å². The molecule has 2 aromatic carbocycles. The average Bonchev–Trinajstić information content (AvgIpc) is 3.46. The van der Waals surface area contributed by atoms with E-state index in [1.165, 1.54) is 57.4 Å². The van der Waals surface area contributed by atoms with Gasteiger partial charge in [0.05, 0.1) is 0 Å². The van der Waals surface area contributed by atoms with E-state index in [4.69, 9.17) is 17.0 Å². The Kier molecular flexibility index (Phi) is 7.04. The first-order valence-electron chi connectivity index (χ1n) is 10.1. The number of allylic oxidation sites excluding steroid dienone is 8. The molecule has 31 heavy (non-hydrogen) atoms. The van der Waals surface area contributed by atoms with Crippen molar-refractivity contribution in [3.8, 4) is 0 Å². The van der Waals surface area contributed by atoms with Crippen LogP contribution in [0.15, 0.2) is 85.0 Å². The molecular formula is C28H18Cl2Zr+2. The molecule has 4 aliphatic rings. The Balaban J connectivity index is 0.000000646. The van der Waals surface area contributed by atoms with E-state index in [2.05, 4.69) is 111 Å². The van der Waals surface area contributed by atoms with Crippen LogP contribution in [0.1, 0.15) is 11.1 Å². The molecule has 0 atom stereocenters. The topological polar surface area (TPSA) is 0 Å². The Morgan fingerprint density at radius 3 is 1.77 bits per heavy atom. The van der Waals surface area contributed by atoms with Gasteiger partial charge in [-0.3, -0.25) is 0 Å². The SMILES string of the molecule is [CH]1[CH][CH][C](c2ccc3ccccc3c2[C]2[C]3C=CC=C[C]3[C]3C=CC=C[C]32)[CH]1.[Cl][Zr+2][Cl]. The number of halogens is 2. The molecule has 0 spiro atoms. The van der Waals surface area contributed by atoms with Crippen LogP contribution in [0.4, 0.5) is 0 Å². The van der Waals surface area contributed by atoms with Gasteiger partial charge in [-0.15, -0.1) is 0 Å². The van der Waals surface area contributed by atoms with Crippen molar-refractivity contribution in [2.75, 3.05) is 0 Å². The molecule has 0 bridgehead atoms. The maximum atomic E-state index is 4.93. The van der Waals surface area contributed by atoms with E-state index in [1.54, 1.807) is 0 Å². The monoisotopic (exact) mass is 514 g/mol. The summed E-state index contributed by atoms with van der Waals surface area (Å²) >= 11 is -0.826. The van der Waals surface area contributed by atoms with Crippen molar-refractivity contribution in [3.05, 3.63) is 157 Å². The van der Waals surface area contributed by atoms with Gasteiger partial charge in [-0.2, -0.15) is 0 Å². The average molecular weight is 517 g/mol. The first-order valence-corrected chi connectivity index (χ1v) is 16.4. The summed E-state index contributed by atoms with van der Waals surface area (Å²) in [6, 6.07) is 13.3. The summed E-state index contributed by atoms with van der Waals surface area (Å²) in [5, 5.41) is 2.59. The van der Waals surface area contributed by atoms with Crippen LogP contribution >= 0.6 is 17.0 Å². The fraction of sp³-hybridized carbons (Fsp3) is 0. The van der Waals surface area contributed by atoms with Crippen LogP contribution in [0.25, 0.3) is 10.8 Å². The predicted molar refractivity (Wildman–Crippen MR) is 127 cm³/mol. The molecule has 0 aromatic heterocycles. The molecule has 10 radical (unpaired) electrons. The standard InChI is InChI=1S/C28H18.2ClH.Zr/c1-2-10-19(9-1)22-18-17-20-11-3-4-12-21(20)27(22)28-25-15-7-5-13-23(25)24-14-6-8-16-26(24)28;;;/h1-18H;2*1H;/q;;;+4/p-2. The number of hydrogen-bond acceptors (Lipinski definition) is 0. The second-order valence-electron chi connectivity index (χ2n) is 7.42. The van der Waals surface area contributed by atoms with E-state index in [0.29, 0.717) is 0 Å².